The lowest BCUT2D eigenvalue weighted by Gasteiger charge is -2.09. The number of carboxylic acids is 1. The van der Waals surface area contributed by atoms with Crippen LogP contribution in [0.25, 0.3) is 5.57 Å². The second kappa shape index (κ2) is 4.28. The van der Waals surface area contributed by atoms with Gasteiger partial charge in [0.25, 0.3) is 0 Å². The lowest BCUT2D eigenvalue weighted by atomic mass is 10.0. The smallest absolute Gasteiger partial charge is 0.320 e. The van der Waals surface area contributed by atoms with Gasteiger partial charge < -0.3 is 10.8 Å². The van der Waals surface area contributed by atoms with E-state index in [1.165, 1.54) is 5.56 Å². The summed E-state index contributed by atoms with van der Waals surface area (Å²) in [5.74, 6) is -0.976. The van der Waals surface area contributed by atoms with Gasteiger partial charge in [0.2, 0.25) is 0 Å². The van der Waals surface area contributed by atoms with Crippen LogP contribution < -0.4 is 5.73 Å². The SMILES string of the molecule is N[C@H](CC1=CCc2ccc(Cl)cc21)C(=O)O. The third kappa shape index (κ3) is 2.10. The quantitative estimate of drug-likeness (QED) is 0.846. The highest BCUT2D eigenvalue weighted by Gasteiger charge is 2.19. The first-order chi connectivity index (χ1) is 7.58. The molecule has 84 valence electrons. The highest BCUT2D eigenvalue weighted by molar-refractivity contribution is 6.30. The summed E-state index contributed by atoms with van der Waals surface area (Å²) in [6.45, 7) is 0. The number of benzene rings is 1. The molecule has 3 nitrogen and oxygen atoms in total. The van der Waals surface area contributed by atoms with Crippen molar-refractivity contribution in [3.05, 3.63) is 40.4 Å². The van der Waals surface area contributed by atoms with E-state index in [-0.39, 0.29) is 0 Å². The Morgan fingerprint density at radius 3 is 3.00 bits per heavy atom. The molecule has 0 heterocycles. The lowest BCUT2D eigenvalue weighted by molar-refractivity contribution is -0.138. The van der Waals surface area contributed by atoms with Gasteiger partial charge in [-0.15, -0.1) is 0 Å². The van der Waals surface area contributed by atoms with Gasteiger partial charge in [-0.1, -0.05) is 23.7 Å². The summed E-state index contributed by atoms with van der Waals surface area (Å²) in [7, 11) is 0. The summed E-state index contributed by atoms with van der Waals surface area (Å²) in [5, 5.41) is 9.43. The summed E-state index contributed by atoms with van der Waals surface area (Å²) < 4.78 is 0. The van der Waals surface area contributed by atoms with Crippen LogP contribution in [0.15, 0.2) is 24.3 Å². The van der Waals surface area contributed by atoms with Crippen molar-refractivity contribution >= 4 is 23.1 Å². The Labute approximate surface area is 98.5 Å². The molecule has 0 fully saturated rings. The van der Waals surface area contributed by atoms with Gasteiger partial charge in [-0.25, -0.2) is 0 Å². The zero-order valence-corrected chi connectivity index (χ0v) is 9.37. The van der Waals surface area contributed by atoms with E-state index in [0.29, 0.717) is 11.4 Å². The van der Waals surface area contributed by atoms with Crippen molar-refractivity contribution in [3.8, 4) is 0 Å². The number of hydrogen-bond acceptors (Lipinski definition) is 2. The van der Waals surface area contributed by atoms with Crippen molar-refractivity contribution in [2.75, 3.05) is 0 Å². The monoisotopic (exact) mass is 237 g/mol. The minimum Gasteiger partial charge on any atom is -0.480 e. The number of allylic oxidation sites excluding steroid dienone is 1. The Morgan fingerprint density at radius 2 is 2.31 bits per heavy atom. The second-order valence-electron chi connectivity index (χ2n) is 3.88. The van der Waals surface area contributed by atoms with Crippen LogP contribution in [0.3, 0.4) is 0 Å². The highest BCUT2D eigenvalue weighted by atomic mass is 35.5. The topological polar surface area (TPSA) is 63.3 Å². The molecule has 3 N–H and O–H groups in total. The molecule has 1 aromatic carbocycles. The summed E-state index contributed by atoms with van der Waals surface area (Å²) in [6, 6.07) is 4.82. The molecule has 1 atom stereocenters. The van der Waals surface area contributed by atoms with Crippen molar-refractivity contribution in [1.82, 2.24) is 0 Å². The Morgan fingerprint density at radius 1 is 1.56 bits per heavy atom. The fourth-order valence-electron chi connectivity index (χ4n) is 1.89. The first-order valence-electron chi connectivity index (χ1n) is 5.04. The van der Waals surface area contributed by atoms with Gasteiger partial charge in [-0.05, 0) is 41.7 Å². The van der Waals surface area contributed by atoms with Crippen LogP contribution in [0.2, 0.25) is 5.02 Å². The van der Waals surface area contributed by atoms with Crippen LogP contribution in [0.4, 0.5) is 0 Å². The van der Waals surface area contributed by atoms with Gasteiger partial charge in [-0.3, -0.25) is 4.79 Å². The Bertz CT molecular complexity index is 468. The van der Waals surface area contributed by atoms with Crippen molar-refractivity contribution in [2.45, 2.75) is 18.9 Å². The van der Waals surface area contributed by atoms with Crippen LogP contribution in [0.1, 0.15) is 17.5 Å². The average molecular weight is 238 g/mol. The Balaban J connectivity index is 2.22. The molecule has 0 aromatic heterocycles. The molecule has 1 aromatic rings. The minimum atomic E-state index is -0.976. The normalized spacial score (nSPS) is 15.5. The number of carboxylic acid groups (broad SMARTS) is 1. The van der Waals surface area contributed by atoms with Crippen molar-refractivity contribution < 1.29 is 9.90 Å². The van der Waals surface area contributed by atoms with E-state index >= 15 is 0 Å². The predicted molar refractivity (Wildman–Crippen MR) is 63.4 cm³/mol. The van der Waals surface area contributed by atoms with Gasteiger partial charge in [0.1, 0.15) is 6.04 Å². The van der Waals surface area contributed by atoms with Gasteiger partial charge in [0, 0.05) is 5.02 Å². The zero-order chi connectivity index (χ0) is 11.7. The van der Waals surface area contributed by atoms with E-state index in [4.69, 9.17) is 22.4 Å². The zero-order valence-electron chi connectivity index (χ0n) is 8.61. The Kier molecular flexibility index (Phi) is 2.99. The number of carbonyl (C=O) groups is 1. The molecule has 0 amide bonds. The molecule has 0 aliphatic heterocycles. The first kappa shape index (κ1) is 11.2. The van der Waals surface area contributed by atoms with Crippen molar-refractivity contribution in [3.63, 3.8) is 0 Å². The van der Waals surface area contributed by atoms with E-state index in [9.17, 15) is 4.79 Å². The minimum absolute atomic E-state index is 0.350. The molecule has 0 saturated carbocycles. The van der Waals surface area contributed by atoms with E-state index < -0.39 is 12.0 Å². The van der Waals surface area contributed by atoms with Crippen LogP contribution in [0, 0.1) is 0 Å². The number of nitrogens with two attached hydrogens (primary N) is 1. The predicted octanol–water partition coefficient (Wildman–Crippen LogP) is 2.08. The molecule has 1 aliphatic rings. The molecule has 0 saturated heterocycles. The molecule has 0 bridgehead atoms. The van der Waals surface area contributed by atoms with E-state index in [1.807, 2.05) is 24.3 Å². The lowest BCUT2D eigenvalue weighted by Crippen LogP contribution is -2.30. The maximum atomic E-state index is 10.7. The molecular weight excluding hydrogens is 226 g/mol. The first-order valence-corrected chi connectivity index (χ1v) is 5.42. The van der Waals surface area contributed by atoms with Gasteiger partial charge in [-0.2, -0.15) is 0 Å². The van der Waals surface area contributed by atoms with E-state index in [0.717, 1.165) is 17.6 Å². The van der Waals surface area contributed by atoms with Crippen LogP contribution in [-0.4, -0.2) is 17.1 Å². The standard InChI is InChI=1S/C12H12ClNO2/c13-9-4-3-7-1-2-8(10(7)6-9)5-11(14)12(15)16/h2-4,6,11H,1,5,14H2,(H,15,16)/t11-/m1/s1. The number of aliphatic carboxylic acids is 1. The summed E-state index contributed by atoms with van der Waals surface area (Å²) in [6.07, 6.45) is 3.20. The van der Waals surface area contributed by atoms with Gasteiger partial charge >= 0.3 is 5.97 Å². The van der Waals surface area contributed by atoms with Crippen LogP contribution in [-0.2, 0) is 11.2 Å². The third-order valence-electron chi connectivity index (χ3n) is 2.74. The molecular formula is C12H12ClNO2. The summed E-state index contributed by atoms with van der Waals surface area (Å²) in [4.78, 5) is 10.7. The van der Waals surface area contributed by atoms with Crippen molar-refractivity contribution in [2.24, 2.45) is 5.73 Å². The number of fused-ring (bicyclic) bond motifs is 1. The summed E-state index contributed by atoms with van der Waals surface area (Å²) in [5.41, 5.74) is 8.71. The van der Waals surface area contributed by atoms with E-state index in [2.05, 4.69) is 0 Å². The maximum absolute atomic E-state index is 10.7. The van der Waals surface area contributed by atoms with Gasteiger partial charge in [0.15, 0.2) is 0 Å². The molecule has 16 heavy (non-hydrogen) atoms. The molecule has 4 heteroatoms. The van der Waals surface area contributed by atoms with Crippen LogP contribution >= 0.6 is 11.6 Å². The number of hydrogen-bond donors (Lipinski definition) is 2. The molecule has 2 rings (SSSR count). The largest absolute Gasteiger partial charge is 0.480 e. The second-order valence-corrected chi connectivity index (χ2v) is 4.32. The fraction of sp³-hybridized carbons (Fsp3) is 0.250. The Hall–Kier alpha value is -1.32. The molecule has 1 aliphatic carbocycles. The van der Waals surface area contributed by atoms with Crippen LogP contribution in [0.5, 0.6) is 0 Å². The number of rotatable bonds is 3. The average Bonchev–Trinajstić information content (AvgIpc) is 2.61. The van der Waals surface area contributed by atoms with Gasteiger partial charge in [0.05, 0.1) is 0 Å². The highest BCUT2D eigenvalue weighted by Crippen LogP contribution is 2.32. The molecule has 0 unspecified atom stereocenters. The maximum Gasteiger partial charge on any atom is 0.320 e. The molecule has 0 spiro atoms. The van der Waals surface area contributed by atoms with E-state index in [1.54, 1.807) is 0 Å². The number of halogens is 1. The summed E-state index contributed by atoms with van der Waals surface area (Å²) >= 11 is 5.91. The van der Waals surface area contributed by atoms with Crippen molar-refractivity contribution in [1.29, 1.82) is 0 Å². The molecule has 0 radical (unpaired) electrons. The third-order valence-corrected chi connectivity index (χ3v) is 2.98. The fourth-order valence-corrected chi connectivity index (χ4v) is 2.06.